The maximum Gasteiger partial charge on any atom is 0.253 e. The van der Waals surface area contributed by atoms with E-state index in [1.807, 2.05) is 0 Å². The van der Waals surface area contributed by atoms with Crippen LogP contribution in [0.25, 0.3) is 0 Å². The van der Waals surface area contributed by atoms with Gasteiger partial charge in [0.25, 0.3) is 5.91 Å². The number of nitrogens with one attached hydrogen (secondary N) is 1. The van der Waals surface area contributed by atoms with Crippen molar-refractivity contribution >= 4 is 23.2 Å². The Labute approximate surface area is 101 Å². The number of hydrogen-bond acceptors (Lipinski definition) is 2. The number of nitrogens with two attached hydrogens (primary N) is 1. The lowest BCUT2D eigenvalue weighted by atomic mass is 9.97. The third kappa shape index (κ3) is 3.42. The lowest BCUT2D eigenvalue weighted by Gasteiger charge is -2.19. The Kier molecular flexibility index (Phi) is 3.81. The summed E-state index contributed by atoms with van der Waals surface area (Å²) in [6.45, 7) is 6.75. The van der Waals surface area contributed by atoms with Crippen LogP contribution in [0, 0.1) is 5.41 Å². The summed E-state index contributed by atoms with van der Waals surface area (Å²) in [5.41, 5.74) is 6.53. The first-order valence-corrected chi connectivity index (χ1v) is 5.51. The molecule has 0 aliphatic carbocycles. The number of hydrogen-bond donors (Lipinski definition) is 2. The summed E-state index contributed by atoms with van der Waals surface area (Å²) >= 11 is 5.84. The molecule has 0 unspecified atom stereocenters. The highest BCUT2D eigenvalue weighted by atomic mass is 35.5. The number of anilines is 1. The van der Waals surface area contributed by atoms with Crippen LogP contribution in [0.1, 0.15) is 31.1 Å². The number of rotatable bonds is 2. The molecule has 0 aliphatic rings. The van der Waals surface area contributed by atoms with E-state index in [4.69, 9.17) is 17.3 Å². The minimum atomic E-state index is -0.185. The lowest BCUT2D eigenvalue weighted by Crippen LogP contribution is -2.32. The van der Waals surface area contributed by atoms with Gasteiger partial charge in [-0.15, -0.1) is 0 Å². The molecule has 88 valence electrons. The van der Waals surface area contributed by atoms with Gasteiger partial charge < -0.3 is 11.1 Å². The predicted molar refractivity (Wildman–Crippen MR) is 67.7 cm³/mol. The fourth-order valence-corrected chi connectivity index (χ4v) is 1.35. The van der Waals surface area contributed by atoms with Crippen molar-refractivity contribution in [2.75, 3.05) is 12.3 Å². The second-order valence-electron chi connectivity index (χ2n) is 4.94. The van der Waals surface area contributed by atoms with E-state index in [1.165, 1.54) is 0 Å². The van der Waals surface area contributed by atoms with Gasteiger partial charge in [0.1, 0.15) is 0 Å². The largest absolute Gasteiger partial charge is 0.397 e. The van der Waals surface area contributed by atoms with Gasteiger partial charge in [-0.1, -0.05) is 38.4 Å². The number of benzene rings is 1. The van der Waals surface area contributed by atoms with Gasteiger partial charge in [-0.2, -0.15) is 0 Å². The van der Waals surface area contributed by atoms with Crippen LogP contribution in [0.2, 0.25) is 5.02 Å². The summed E-state index contributed by atoms with van der Waals surface area (Å²) in [6.07, 6.45) is 0. The number of amides is 1. The van der Waals surface area contributed by atoms with E-state index in [-0.39, 0.29) is 11.3 Å². The van der Waals surface area contributed by atoms with Crippen molar-refractivity contribution < 1.29 is 4.79 Å². The number of carbonyl (C=O) groups is 1. The molecule has 4 heteroatoms. The van der Waals surface area contributed by atoms with Gasteiger partial charge in [-0.3, -0.25) is 4.79 Å². The van der Waals surface area contributed by atoms with Crippen molar-refractivity contribution in [1.82, 2.24) is 5.32 Å². The van der Waals surface area contributed by atoms with Crippen LogP contribution in [-0.2, 0) is 0 Å². The average molecular weight is 241 g/mol. The first-order chi connectivity index (χ1) is 7.31. The van der Waals surface area contributed by atoms with Crippen molar-refractivity contribution in [2.24, 2.45) is 5.41 Å². The number of para-hydroxylation sites is 1. The van der Waals surface area contributed by atoms with E-state index in [9.17, 15) is 4.79 Å². The summed E-state index contributed by atoms with van der Waals surface area (Å²) in [5, 5.41) is 3.24. The Balaban J connectivity index is 2.78. The van der Waals surface area contributed by atoms with Gasteiger partial charge in [0.15, 0.2) is 0 Å². The van der Waals surface area contributed by atoms with E-state index >= 15 is 0 Å². The molecule has 3 nitrogen and oxygen atoms in total. The third-order valence-corrected chi connectivity index (χ3v) is 2.41. The second kappa shape index (κ2) is 4.74. The fourth-order valence-electron chi connectivity index (χ4n) is 1.18. The predicted octanol–water partition coefficient (Wildman–Crippen LogP) is 2.70. The molecule has 0 radical (unpaired) electrons. The molecule has 0 saturated carbocycles. The van der Waals surface area contributed by atoms with Crippen LogP contribution in [0.5, 0.6) is 0 Å². The SMILES string of the molecule is CC(C)(C)CNC(=O)c1cccc(Cl)c1N. The number of nitrogen functional groups attached to an aromatic ring is 1. The molecule has 1 aromatic rings. The zero-order chi connectivity index (χ0) is 12.3. The van der Waals surface area contributed by atoms with Gasteiger partial charge in [-0.25, -0.2) is 0 Å². The molecular formula is C12H17ClN2O. The zero-order valence-corrected chi connectivity index (χ0v) is 10.6. The van der Waals surface area contributed by atoms with Gasteiger partial charge >= 0.3 is 0 Å². The van der Waals surface area contributed by atoms with Crippen LogP contribution in [0.3, 0.4) is 0 Å². The Morgan fingerprint density at radius 2 is 2.06 bits per heavy atom. The van der Waals surface area contributed by atoms with Crippen molar-refractivity contribution in [3.8, 4) is 0 Å². The van der Waals surface area contributed by atoms with Crippen molar-refractivity contribution in [1.29, 1.82) is 0 Å². The van der Waals surface area contributed by atoms with Gasteiger partial charge in [0.05, 0.1) is 16.3 Å². The highest BCUT2D eigenvalue weighted by molar-refractivity contribution is 6.33. The van der Waals surface area contributed by atoms with E-state index in [0.29, 0.717) is 22.8 Å². The van der Waals surface area contributed by atoms with Crippen molar-refractivity contribution in [3.05, 3.63) is 28.8 Å². The molecule has 1 rings (SSSR count). The molecular weight excluding hydrogens is 224 g/mol. The number of carbonyl (C=O) groups excluding carboxylic acids is 1. The van der Waals surface area contributed by atoms with Gasteiger partial charge in [-0.05, 0) is 17.5 Å². The minimum Gasteiger partial charge on any atom is -0.397 e. The van der Waals surface area contributed by atoms with Crippen molar-refractivity contribution in [3.63, 3.8) is 0 Å². The highest BCUT2D eigenvalue weighted by Gasteiger charge is 2.15. The summed E-state index contributed by atoms with van der Waals surface area (Å²) in [5.74, 6) is -0.185. The van der Waals surface area contributed by atoms with Crippen LogP contribution in [0.4, 0.5) is 5.69 Å². The van der Waals surface area contributed by atoms with Gasteiger partial charge in [0, 0.05) is 6.54 Å². The summed E-state index contributed by atoms with van der Waals surface area (Å²) in [7, 11) is 0. The maximum atomic E-state index is 11.8. The summed E-state index contributed by atoms with van der Waals surface area (Å²) in [6, 6.07) is 5.04. The monoisotopic (exact) mass is 240 g/mol. The summed E-state index contributed by atoms with van der Waals surface area (Å²) in [4.78, 5) is 11.8. The minimum absolute atomic E-state index is 0.0446. The van der Waals surface area contributed by atoms with E-state index in [0.717, 1.165) is 0 Å². The van der Waals surface area contributed by atoms with E-state index in [2.05, 4.69) is 26.1 Å². The molecule has 0 aromatic heterocycles. The fraction of sp³-hybridized carbons (Fsp3) is 0.417. The summed E-state index contributed by atoms with van der Waals surface area (Å²) < 4.78 is 0. The molecule has 0 aliphatic heterocycles. The molecule has 0 atom stereocenters. The first kappa shape index (κ1) is 12.8. The number of halogens is 1. The van der Waals surface area contributed by atoms with Gasteiger partial charge in [0.2, 0.25) is 0 Å². The third-order valence-electron chi connectivity index (χ3n) is 2.08. The lowest BCUT2D eigenvalue weighted by molar-refractivity contribution is 0.0940. The second-order valence-corrected chi connectivity index (χ2v) is 5.35. The van der Waals surface area contributed by atoms with Crippen LogP contribution >= 0.6 is 11.6 Å². The Morgan fingerprint density at radius 3 is 2.62 bits per heavy atom. The molecule has 3 N–H and O–H groups in total. The Hall–Kier alpha value is -1.22. The first-order valence-electron chi connectivity index (χ1n) is 5.13. The Bertz CT molecular complexity index is 396. The topological polar surface area (TPSA) is 55.1 Å². The van der Waals surface area contributed by atoms with Crippen LogP contribution in [0.15, 0.2) is 18.2 Å². The van der Waals surface area contributed by atoms with E-state index in [1.54, 1.807) is 18.2 Å². The molecule has 0 bridgehead atoms. The molecule has 0 spiro atoms. The smallest absolute Gasteiger partial charge is 0.253 e. The van der Waals surface area contributed by atoms with E-state index < -0.39 is 0 Å². The Morgan fingerprint density at radius 1 is 1.44 bits per heavy atom. The highest BCUT2D eigenvalue weighted by Crippen LogP contribution is 2.22. The molecule has 0 heterocycles. The quantitative estimate of drug-likeness (QED) is 0.781. The molecule has 16 heavy (non-hydrogen) atoms. The maximum absolute atomic E-state index is 11.8. The molecule has 0 saturated heterocycles. The zero-order valence-electron chi connectivity index (χ0n) is 9.80. The molecule has 1 aromatic carbocycles. The molecule has 0 fully saturated rings. The normalized spacial score (nSPS) is 11.2. The average Bonchev–Trinajstić information content (AvgIpc) is 2.17. The van der Waals surface area contributed by atoms with Crippen LogP contribution < -0.4 is 11.1 Å². The molecule has 1 amide bonds. The standard InChI is InChI=1S/C12H17ClN2O/c1-12(2,3)7-15-11(16)8-5-4-6-9(13)10(8)14/h4-6H,7,14H2,1-3H3,(H,15,16). The van der Waals surface area contributed by atoms with Crippen molar-refractivity contribution in [2.45, 2.75) is 20.8 Å². The van der Waals surface area contributed by atoms with Crippen LogP contribution in [-0.4, -0.2) is 12.5 Å².